The van der Waals surface area contributed by atoms with Crippen LogP contribution in [0.4, 0.5) is 0 Å². The van der Waals surface area contributed by atoms with Crippen LogP contribution >= 0.6 is 0 Å². The first kappa shape index (κ1) is 25.2. The maximum absolute atomic E-state index is 12.1. The zero-order valence-corrected chi connectivity index (χ0v) is 17.3. The molecule has 0 saturated heterocycles. The fourth-order valence-corrected chi connectivity index (χ4v) is 2.93. The van der Waals surface area contributed by atoms with Crippen molar-refractivity contribution in [3.63, 3.8) is 0 Å². The van der Waals surface area contributed by atoms with Crippen molar-refractivity contribution >= 4 is 17.8 Å². The number of nitrogens with two attached hydrogens (primary N) is 2. The second kappa shape index (κ2) is 17.6. The van der Waals surface area contributed by atoms with Gasteiger partial charge < -0.3 is 21.5 Å². The van der Waals surface area contributed by atoms with Crippen LogP contribution in [0.3, 0.4) is 0 Å². The number of carbonyl (C=O) groups is 2. The van der Waals surface area contributed by atoms with Gasteiger partial charge in [-0.1, -0.05) is 64.7 Å². The Kier molecular flexibility index (Phi) is 16.4. The molecule has 158 valence electrons. The molecule has 0 spiro atoms. The smallest absolute Gasteiger partial charge is 0.328 e. The molecule has 27 heavy (non-hydrogen) atoms. The van der Waals surface area contributed by atoms with Gasteiger partial charge in [-0.05, 0) is 19.3 Å². The first-order chi connectivity index (χ1) is 13.0. The van der Waals surface area contributed by atoms with Crippen LogP contribution in [0, 0.1) is 0 Å². The first-order valence-corrected chi connectivity index (χ1v) is 10.4. The normalized spacial score (nSPS) is 11.6. The predicted molar refractivity (Wildman–Crippen MR) is 110 cm³/mol. The van der Waals surface area contributed by atoms with Gasteiger partial charge in [0.15, 0.2) is 5.96 Å². The highest BCUT2D eigenvalue weighted by molar-refractivity contribution is 5.84. The van der Waals surface area contributed by atoms with E-state index in [-0.39, 0.29) is 11.9 Å². The Morgan fingerprint density at radius 1 is 0.926 bits per heavy atom. The van der Waals surface area contributed by atoms with Gasteiger partial charge in [-0.3, -0.25) is 9.79 Å². The van der Waals surface area contributed by atoms with E-state index in [4.69, 9.17) is 16.2 Å². The third-order valence-corrected chi connectivity index (χ3v) is 4.52. The third kappa shape index (κ3) is 16.1. The molecule has 0 aromatic rings. The number of methoxy groups -OCH3 is 1. The van der Waals surface area contributed by atoms with Gasteiger partial charge in [0, 0.05) is 13.0 Å². The summed E-state index contributed by atoms with van der Waals surface area (Å²) in [7, 11) is 1.32. The van der Waals surface area contributed by atoms with E-state index in [1.54, 1.807) is 0 Å². The maximum Gasteiger partial charge on any atom is 0.328 e. The number of esters is 1. The average molecular weight is 385 g/mol. The highest BCUT2D eigenvalue weighted by Gasteiger charge is 2.20. The number of carbonyl (C=O) groups excluding carboxylic acids is 2. The second-order valence-electron chi connectivity index (χ2n) is 7.02. The van der Waals surface area contributed by atoms with Crippen LogP contribution in [0.15, 0.2) is 4.99 Å². The lowest BCUT2D eigenvalue weighted by Crippen LogP contribution is -2.41. The predicted octanol–water partition coefficient (Wildman–Crippen LogP) is 3.01. The van der Waals surface area contributed by atoms with E-state index in [2.05, 4.69) is 17.2 Å². The molecule has 7 heteroatoms. The highest BCUT2D eigenvalue weighted by Crippen LogP contribution is 2.11. The summed E-state index contributed by atoms with van der Waals surface area (Å²) in [6.45, 7) is 2.65. The number of unbranched alkanes of at least 4 members (excludes halogenated alkanes) is 9. The van der Waals surface area contributed by atoms with E-state index in [9.17, 15) is 9.59 Å². The van der Waals surface area contributed by atoms with E-state index < -0.39 is 12.0 Å². The van der Waals surface area contributed by atoms with Crippen molar-refractivity contribution in [3.05, 3.63) is 0 Å². The van der Waals surface area contributed by atoms with E-state index >= 15 is 0 Å². The van der Waals surface area contributed by atoms with Crippen molar-refractivity contribution in [2.75, 3.05) is 13.7 Å². The Morgan fingerprint density at radius 3 is 2.00 bits per heavy atom. The minimum Gasteiger partial charge on any atom is -0.467 e. The van der Waals surface area contributed by atoms with Gasteiger partial charge in [0.05, 0.1) is 7.11 Å². The second-order valence-corrected chi connectivity index (χ2v) is 7.02. The maximum atomic E-state index is 12.1. The molecule has 0 aromatic carbocycles. The fourth-order valence-electron chi connectivity index (χ4n) is 2.93. The largest absolute Gasteiger partial charge is 0.467 e. The molecule has 0 radical (unpaired) electrons. The Hall–Kier alpha value is -1.79. The van der Waals surface area contributed by atoms with Crippen LogP contribution in [0.5, 0.6) is 0 Å². The SMILES string of the molecule is CCCCCCCCCCCCC(=O)N[C@@H](CCCN=C(N)N)C(=O)OC. The van der Waals surface area contributed by atoms with Crippen molar-refractivity contribution in [2.24, 2.45) is 16.5 Å². The van der Waals surface area contributed by atoms with Crippen molar-refractivity contribution in [1.82, 2.24) is 5.32 Å². The Morgan fingerprint density at radius 2 is 1.48 bits per heavy atom. The lowest BCUT2D eigenvalue weighted by molar-refractivity contribution is -0.145. The Labute approximate surface area is 164 Å². The molecule has 1 atom stereocenters. The summed E-state index contributed by atoms with van der Waals surface area (Å²) in [5.74, 6) is -0.516. The minimum absolute atomic E-state index is 0.0228. The molecular weight excluding hydrogens is 344 g/mol. The van der Waals surface area contributed by atoms with Crippen LogP contribution in [-0.2, 0) is 14.3 Å². The number of nitrogens with zero attached hydrogens (tertiary/aromatic N) is 1. The number of amides is 1. The number of ether oxygens (including phenoxy) is 1. The van der Waals surface area contributed by atoms with Crippen molar-refractivity contribution < 1.29 is 14.3 Å². The summed E-state index contributed by atoms with van der Waals surface area (Å²) in [5.41, 5.74) is 10.5. The number of guanidine groups is 1. The van der Waals surface area contributed by atoms with Crippen LogP contribution in [0.2, 0.25) is 0 Å². The molecule has 0 aliphatic carbocycles. The molecule has 5 N–H and O–H groups in total. The van der Waals surface area contributed by atoms with Crippen LogP contribution in [0.1, 0.15) is 90.4 Å². The highest BCUT2D eigenvalue weighted by atomic mass is 16.5. The van der Waals surface area contributed by atoms with Gasteiger partial charge in [0.2, 0.25) is 5.91 Å². The summed E-state index contributed by atoms with van der Waals surface area (Å²) < 4.78 is 4.76. The van der Waals surface area contributed by atoms with Crippen LogP contribution in [0.25, 0.3) is 0 Å². The topological polar surface area (TPSA) is 120 Å². The van der Waals surface area contributed by atoms with E-state index in [1.807, 2.05) is 0 Å². The summed E-state index contributed by atoms with van der Waals surface area (Å²) in [5, 5.41) is 2.76. The number of aliphatic imine (C=N–C) groups is 1. The summed E-state index contributed by atoms with van der Waals surface area (Å²) in [6.07, 6.45) is 13.7. The Bertz CT molecular complexity index is 423. The molecule has 7 nitrogen and oxygen atoms in total. The molecular formula is C20H40N4O3. The van der Waals surface area contributed by atoms with E-state index in [0.717, 1.165) is 12.8 Å². The molecule has 0 unspecified atom stereocenters. The molecule has 0 fully saturated rings. The number of hydrogen-bond acceptors (Lipinski definition) is 4. The molecule has 1 amide bonds. The Balaban J connectivity index is 3.83. The molecule has 0 aromatic heterocycles. The van der Waals surface area contributed by atoms with Crippen molar-refractivity contribution in [3.8, 4) is 0 Å². The van der Waals surface area contributed by atoms with Crippen molar-refractivity contribution in [2.45, 2.75) is 96.4 Å². The van der Waals surface area contributed by atoms with Crippen LogP contribution in [-0.4, -0.2) is 37.5 Å². The van der Waals surface area contributed by atoms with Crippen LogP contribution < -0.4 is 16.8 Å². The molecule has 0 saturated carbocycles. The molecule has 0 rings (SSSR count). The standard InChI is InChI=1S/C20H40N4O3/c1-3-4-5-6-7-8-9-10-11-12-15-18(25)24-17(19(26)27-2)14-13-16-23-20(21)22/h17H,3-16H2,1-2H3,(H,24,25)(H4,21,22,23)/t17-/m0/s1. The summed E-state index contributed by atoms with van der Waals surface area (Å²) in [4.78, 5) is 27.7. The van der Waals surface area contributed by atoms with Gasteiger partial charge in [0.25, 0.3) is 0 Å². The first-order valence-electron chi connectivity index (χ1n) is 10.4. The molecule has 0 heterocycles. The number of hydrogen-bond donors (Lipinski definition) is 3. The van der Waals surface area contributed by atoms with Gasteiger partial charge in [-0.2, -0.15) is 0 Å². The number of rotatable bonds is 17. The quantitative estimate of drug-likeness (QED) is 0.154. The zero-order valence-electron chi connectivity index (χ0n) is 17.3. The van der Waals surface area contributed by atoms with E-state index in [0.29, 0.717) is 25.8 Å². The van der Waals surface area contributed by atoms with Gasteiger partial charge in [-0.15, -0.1) is 0 Å². The molecule has 0 aliphatic rings. The fraction of sp³-hybridized carbons (Fsp3) is 0.850. The van der Waals surface area contributed by atoms with Crippen molar-refractivity contribution in [1.29, 1.82) is 0 Å². The van der Waals surface area contributed by atoms with Gasteiger partial charge in [-0.25, -0.2) is 4.79 Å². The minimum atomic E-state index is -0.639. The summed E-state index contributed by atoms with van der Waals surface area (Å²) in [6, 6.07) is -0.639. The number of nitrogens with one attached hydrogen (secondary N) is 1. The lowest BCUT2D eigenvalue weighted by atomic mass is 10.1. The molecule has 0 bridgehead atoms. The van der Waals surface area contributed by atoms with Gasteiger partial charge in [0.1, 0.15) is 6.04 Å². The zero-order chi connectivity index (χ0) is 20.3. The third-order valence-electron chi connectivity index (χ3n) is 4.52. The monoisotopic (exact) mass is 384 g/mol. The van der Waals surface area contributed by atoms with E-state index in [1.165, 1.54) is 58.5 Å². The lowest BCUT2D eigenvalue weighted by Gasteiger charge is -2.16. The average Bonchev–Trinajstić information content (AvgIpc) is 2.64. The van der Waals surface area contributed by atoms with Gasteiger partial charge >= 0.3 is 5.97 Å². The molecule has 0 aliphatic heterocycles. The summed E-state index contributed by atoms with van der Waals surface area (Å²) >= 11 is 0.